The van der Waals surface area contributed by atoms with E-state index in [-0.39, 0.29) is 11.3 Å². The molecule has 2 heteroatoms. The Morgan fingerprint density at radius 2 is 1.74 bits per heavy atom. The molecule has 0 amide bonds. The molecule has 0 saturated heterocycles. The maximum absolute atomic E-state index is 12.6. The summed E-state index contributed by atoms with van der Waals surface area (Å²) < 4.78 is 25.1. The van der Waals surface area contributed by atoms with E-state index in [9.17, 15) is 8.78 Å². The molecule has 1 aliphatic rings. The average Bonchev–Trinajstić information content (AvgIpc) is 2.59. The van der Waals surface area contributed by atoms with Crippen LogP contribution in [0.2, 0.25) is 0 Å². The van der Waals surface area contributed by atoms with Crippen molar-refractivity contribution in [3.05, 3.63) is 72.4 Å². The van der Waals surface area contributed by atoms with Gasteiger partial charge in [-0.3, -0.25) is 0 Å². The van der Waals surface area contributed by atoms with Crippen LogP contribution in [0.15, 0.2) is 66.8 Å². The van der Waals surface area contributed by atoms with Crippen LogP contribution in [-0.2, 0) is 0 Å². The zero-order valence-corrected chi connectivity index (χ0v) is 13.8. The van der Waals surface area contributed by atoms with Crippen molar-refractivity contribution in [3.8, 4) is 0 Å². The minimum absolute atomic E-state index is 0.248. The van der Waals surface area contributed by atoms with E-state index in [0.717, 1.165) is 18.9 Å². The molecule has 0 bridgehead atoms. The molecule has 0 unspecified atom stereocenters. The lowest BCUT2D eigenvalue weighted by atomic mass is 9.74. The summed E-state index contributed by atoms with van der Waals surface area (Å²) in [5, 5.41) is 0. The number of rotatable bonds is 8. The first-order chi connectivity index (χ1) is 11.2. The van der Waals surface area contributed by atoms with Crippen molar-refractivity contribution >= 4 is 0 Å². The van der Waals surface area contributed by atoms with Crippen LogP contribution in [0.4, 0.5) is 8.78 Å². The highest BCUT2D eigenvalue weighted by molar-refractivity contribution is 5.34. The van der Waals surface area contributed by atoms with Crippen LogP contribution < -0.4 is 0 Å². The number of hydrogen-bond acceptors (Lipinski definition) is 0. The SMILES string of the molecule is CCCCCCC1(CC=C(F)F)C=CC(c2ccccc2)C=C1. The Bertz CT molecular complexity index is 536. The summed E-state index contributed by atoms with van der Waals surface area (Å²) in [4.78, 5) is 0. The van der Waals surface area contributed by atoms with Crippen LogP contribution in [0.3, 0.4) is 0 Å². The second kappa shape index (κ2) is 8.81. The summed E-state index contributed by atoms with van der Waals surface area (Å²) in [5.41, 5.74) is 0.995. The van der Waals surface area contributed by atoms with Crippen LogP contribution in [-0.4, -0.2) is 0 Å². The van der Waals surface area contributed by atoms with Crippen molar-refractivity contribution < 1.29 is 8.78 Å². The Kier molecular flexibility index (Phi) is 6.76. The Balaban J connectivity index is 2.07. The Labute approximate surface area is 138 Å². The fraction of sp³-hybridized carbons (Fsp3) is 0.429. The van der Waals surface area contributed by atoms with Gasteiger partial charge in [0.05, 0.1) is 0 Å². The third-order valence-corrected chi connectivity index (χ3v) is 4.59. The number of halogens is 2. The lowest BCUT2D eigenvalue weighted by Crippen LogP contribution is -2.17. The van der Waals surface area contributed by atoms with Crippen molar-refractivity contribution in [2.75, 3.05) is 0 Å². The first-order valence-corrected chi connectivity index (χ1v) is 8.60. The molecular weight excluding hydrogens is 290 g/mol. The van der Waals surface area contributed by atoms with Gasteiger partial charge in [0, 0.05) is 11.3 Å². The van der Waals surface area contributed by atoms with E-state index in [4.69, 9.17) is 0 Å². The molecule has 124 valence electrons. The molecule has 0 nitrogen and oxygen atoms in total. The highest BCUT2D eigenvalue weighted by Gasteiger charge is 2.26. The monoisotopic (exact) mass is 316 g/mol. The number of unbranched alkanes of at least 4 members (excludes halogenated alkanes) is 3. The molecule has 0 aromatic heterocycles. The maximum atomic E-state index is 12.6. The van der Waals surface area contributed by atoms with E-state index in [2.05, 4.69) is 43.4 Å². The number of hydrogen-bond donors (Lipinski definition) is 0. The largest absolute Gasteiger partial charge is 0.266 e. The molecule has 2 rings (SSSR count). The fourth-order valence-corrected chi connectivity index (χ4v) is 3.16. The predicted molar refractivity (Wildman–Crippen MR) is 93.6 cm³/mol. The molecule has 0 radical (unpaired) electrons. The predicted octanol–water partition coefficient (Wildman–Crippen LogP) is 7.02. The molecule has 1 aliphatic carbocycles. The van der Waals surface area contributed by atoms with Gasteiger partial charge in [0.25, 0.3) is 6.08 Å². The smallest absolute Gasteiger partial charge is 0.174 e. The van der Waals surface area contributed by atoms with E-state index in [1.807, 2.05) is 18.2 Å². The lowest BCUT2D eigenvalue weighted by Gasteiger charge is -2.30. The Hall–Kier alpha value is -1.70. The van der Waals surface area contributed by atoms with Crippen LogP contribution in [0.1, 0.15) is 56.9 Å². The van der Waals surface area contributed by atoms with Gasteiger partial charge in [-0.2, -0.15) is 8.78 Å². The standard InChI is InChI=1S/C21H26F2/c1-2-3-4-8-14-21(17-13-20(22)23)15-11-19(12-16-21)18-9-6-5-7-10-18/h5-7,9-13,15-16,19H,2-4,8,14,17H2,1H3. The van der Waals surface area contributed by atoms with Crippen molar-refractivity contribution in [2.24, 2.45) is 5.41 Å². The second-order valence-electron chi connectivity index (χ2n) is 6.40. The van der Waals surface area contributed by atoms with E-state index in [1.165, 1.54) is 24.8 Å². The summed E-state index contributed by atoms with van der Waals surface area (Å²) in [7, 11) is 0. The van der Waals surface area contributed by atoms with Gasteiger partial charge in [-0.25, -0.2) is 0 Å². The van der Waals surface area contributed by atoms with Gasteiger partial charge in [0.1, 0.15) is 0 Å². The highest BCUT2D eigenvalue weighted by Crippen LogP contribution is 2.39. The third kappa shape index (κ3) is 5.46. The topological polar surface area (TPSA) is 0 Å². The molecule has 0 aliphatic heterocycles. The quantitative estimate of drug-likeness (QED) is 0.357. The normalized spacial score (nSPS) is 23.0. The highest BCUT2D eigenvalue weighted by atomic mass is 19.3. The summed E-state index contributed by atoms with van der Waals surface area (Å²) >= 11 is 0. The summed E-state index contributed by atoms with van der Waals surface area (Å²) in [6.07, 6.45) is 14.1. The van der Waals surface area contributed by atoms with Crippen molar-refractivity contribution in [3.63, 3.8) is 0 Å². The van der Waals surface area contributed by atoms with Gasteiger partial charge in [-0.1, -0.05) is 87.2 Å². The molecule has 0 saturated carbocycles. The molecular formula is C21H26F2. The van der Waals surface area contributed by atoms with Gasteiger partial charge in [-0.15, -0.1) is 0 Å². The van der Waals surface area contributed by atoms with Gasteiger partial charge in [-0.05, 0) is 24.5 Å². The molecule has 1 aromatic rings. The zero-order chi connectivity index (χ0) is 16.5. The minimum atomic E-state index is -1.58. The average molecular weight is 316 g/mol. The van der Waals surface area contributed by atoms with E-state index >= 15 is 0 Å². The van der Waals surface area contributed by atoms with Crippen LogP contribution >= 0.6 is 0 Å². The molecule has 23 heavy (non-hydrogen) atoms. The van der Waals surface area contributed by atoms with E-state index in [1.54, 1.807) is 0 Å². The van der Waals surface area contributed by atoms with Crippen molar-refractivity contribution in [2.45, 2.75) is 51.4 Å². The summed E-state index contributed by atoms with van der Waals surface area (Å²) in [5.74, 6) is 0.249. The molecule has 0 atom stereocenters. The molecule has 0 heterocycles. The molecule has 0 spiro atoms. The van der Waals surface area contributed by atoms with Gasteiger partial charge >= 0.3 is 0 Å². The van der Waals surface area contributed by atoms with Crippen molar-refractivity contribution in [1.82, 2.24) is 0 Å². The first kappa shape index (κ1) is 17.7. The van der Waals surface area contributed by atoms with E-state index in [0.29, 0.717) is 6.42 Å². The Morgan fingerprint density at radius 3 is 2.35 bits per heavy atom. The molecule has 0 fully saturated rings. The first-order valence-electron chi connectivity index (χ1n) is 8.60. The lowest BCUT2D eigenvalue weighted by molar-refractivity contribution is 0.386. The van der Waals surface area contributed by atoms with Gasteiger partial charge < -0.3 is 0 Å². The summed E-state index contributed by atoms with van der Waals surface area (Å²) in [6, 6.07) is 10.3. The van der Waals surface area contributed by atoms with Crippen LogP contribution in [0.5, 0.6) is 0 Å². The van der Waals surface area contributed by atoms with Crippen LogP contribution in [0.25, 0.3) is 0 Å². The Morgan fingerprint density at radius 1 is 1.04 bits per heavy atom. The van der Waals surface area contributed by atoms with Gasteiger partial charge in [0.15, 0.2) is 0 Å². The molecule has 0 N–H and O–H groups in total. The fourth-order valence-electron chi connectivity index (χ4n) is 3.16. The van der Waals surface area contributed by atoms with Crippen molar-refractivity contribution in [1.29, 1.82) is 0 Å². The zero-order valence-electron chi connectivity index (χ0n) is 13.8. The van der Waals surface area contributed by atoms with E-state index < -0.39 is 6.08 Å². The minimum Gasteiger partial charge on any atom is -0.174 e. The summed E-state index contributed by atoms with van der Waals surface area (Å²) in [6.45, 7) is 2.18. The second-order valence-corrected chi connectivity index (χ2v) is 6.40. The van der Waals surface area contributed by atoms with Crippen LogP contribution in [0, 0.1) is 5.41 Å². The van der Waals surface area contributed by atoms with Gasteiger partial charge in [0.2, 0.25) is 0 Å². The number of allylic oxidation sites excluding steroid dienone is 5. The third-order valence-electron chi connectivity index (χ3n) is 4.59. The number of benzene rings is 1. The maximum Gasteiger partial charge on any atom is 0.266 e. The molecule has 1 aromatic carbocycles.